The number of fused-ring (bicyclic) bond motifs is 4. The summed E-state index contributed by atoms with van der Waals surface area (Å²) in [5.41, 5.74) is 4.09. The lowest BCUT2D eigenvalue weighted by molar-refractivity contribution is -0.617. The first-order valence-electron chi connectivity index (χ1n) is 23.0. The Hall–Kier alpha value is -6.86. The Bertz CT molecular complexity index is 3680. The van der Waals surface area contributed by atoms with Crippen molar-refractivity contribution in [3.8, 4) is 0 Å². The topological polar surface area (TPSA) is 352 Å². The molecule has 23 nitrogen and oxygen atoms in total. The third-order valence-electron chi connectivity index (χ3n) is 12.2. The standard InChI is InChI=1S/C49H52N4O13S3.2O3S/c1-4-51-48(55)49(66-31-50-23-9-5-6-10-24-65-32-54)29-33(13-18-38-40-11-7-8-12-44(40)52(2)45-26-35(67(56,57)58)15-20-41(38)45)25-34(30-49)14-19-39-42-21-16-36(68(59,60)61)27-46(42)53(3)47-28-37(69(62,63)64)17-22-43(39)47;2*1-4(2)3/h7-8,11-22,25-28,32,50H,4-6,9-10,23-24,29-31H2,1-3H3,(H3-,51,55,56,57,58,59,60,61,62,63,64);;. The second kappa shape index (κ2) is 26.5. The fraction of sp³-hybridized carbons (Fsp3) is 0.286. The normalized spacial score (nSPS) is 15.8. The molecule has 28 heteroatoms. The minimum Gasteiger partial charge on any atom is -0.744 e. The number of aryl methyl sites for hydroxylation is 1. The van der Waals surface area contributed by atoms with Gasteiger partial charge in [-0.2, -0.15) is 21.4 Å². The van der Waals surface area contributed by atoms with Crippen molar-refractivity contribution in [1.29, 1.82) is 0 Å². The number of unbranched alkanes of at least 4 members (excludes halogenated alkanes) is 3. The molecule has 5 aromatic rings. The highest BCUT2D eigenvalue weighted by molar-refractivity contribution is 7.86. The van der Waals surface area contributed by atoms with E-state index in [-0.39, 0.29) is 30.4 Å². The number of hydrogen-bond donors (Lipinski definition) is 4. The molecular weight excluding hydrogens is 1110 g/mol. The molecule has 1 aliphatic heterocycles. The van der Waals surface area contributed by atoms with Crippen LogP contribution in [0.25, 0.3) is 33.5 Å². The number of anilines is 2. The Morgan fingerprint density at radius 2 is 1.34 bits per heavy atom. The molecule has 1 amide bonds. The molecule has 77 heavy (non-hydrogen) atoms. The second-order valence-electron chi connectivity index (χ2n) is 17.1. The van der Waals surface area contributed by atoms with Crippen molar-refractivity contribution in [3.05, 3.63) is 131 Å². The van der Waals surface area contributed by atoms with Gasteiger partial charge in [-0.05, 0) is 85.5 Å². The summed E-state index contributed by atoms with van der Waals surface area (Å²) in [6.07, 6.45) is 12.7. The number of amides is 1. The molecule has 0 fully saturated rings. The number of hydrogen-bond acceptors (Lipinski definition) is 19. The van der Waals surface area contributed by atoms with Crippen molar-refractivity contribution in [2.24, 2.45) is 7.05 Å². The van der Waals surface area contributed by atoms with Gasteiger partial charge in [0.25, 0.3) is 32.6 Å². The van der Waals surface area contributed by atoms with E-state index in [4.69, 9.17) is 34.7 Å². The van der Waals surface area contributed by atoms with Crippen molar-refractivity contribution >= 4 is 109 Å². The number of nitrogens with zero attached hydrogens (tertiary/aromatic N) is 2. The zero-order valence-electron chi connectivity index (χ0n) is 41.3. The van der Waals surface area contributed by atoms with Gasteiger partial charge in [-0.25, -0.2) is 8.42 Å². The summed E-state index contributed by atoms with van der Waals surface area (Å²) in [5.74, 6) is -0.362. The first-order chi connectivity index (χ1) is 36.2. The first-order valence-corrected chi connectivity index (χ1v) is 29.3. The molecule has 1 unspecified atom stereocenters. The summed E-state index contributed by atoms with van der Waals surface area (Å²) >= 11 is 0. The quantitative estimate of drug-likeness (QED) is 0.0224. The van der Waals surface area contributed by atoms with Crippen molar-refractivity contribution in [1.82, 2.24) is 10.6 Å². The number of likely N-dealkylation sites (N-methyl/N-ethyl adjacent to an activating group) is 1. The van der Waals surface area contributed by atoms with Crippen LogP contribution in [-0.2, 0) is 77.7 Å². The van der Waals surface area contributed by atoms with Crippen molar-refractivity contribution in [3.63, 3.8) is 0 Å². The monoisotopic (exact) mass is 1160 g/mol. The van der Waals surface area contributed by atoms with Gasteiger partial charge in [-0.1, -0.05) is 67.5 Å². The molecule has 4 N–H and O–H groups in total. The number of carbonyl (C=O) groups is 2. The molecule has 0 bridgehead atoms. The molecule has 0 radical (unpaired) electrons. The molecule has 0 saturated heterocycles. The van der Waals surface area contributed by atoms with Crippen LogP contribution in [0, 0.1) is 0 Å². The van der Waals surface area contributed by atoms with E-state index in [9.17, 15) is 48.5 Å². The van der Waals surface area contributed by atoms with Crippen molar-refractivity contribution in [2.75, 3.05) is 38.4 Å². The SMILES string of the molecule is CCNC(=O)C1(OCNCCCCCCOC=O)CC(/C=C/c2c3ccccc3[n+](C)c3cc(S(=O)(=O)[O-])ccc23)=CC(=C/C=C2c3ccc(S(=O)(=O)O)cc3N(C)c3cc(S(=O)(=O)O)ccc32)/C1.O=S(=O)=O.O=S(=O)=O. The predicted molar refractivity (Wildman–Crippen MR) is 278 cm³/mol. The van der Waals surface area contributed by atoms with Gasteiger partial charge in [-0.3, -0.25) is 24.0 Å². The Kier molecular flexibility index (Phi) is 21.0. The Labute approximate surface area is 447 Å². The third-order valence-corrected chi connectivity index (χ3v) is 14.7. The molecule has 2 aliphatic rings. The molecule has 7 rings (SSSR count). The van der Waals surface area contributed by atoms with Crippen LogP contribution in [0.15, 0.2) is 129 Å². The van der Waals surface area contributed by atoms with Crippen LogP contribution in [0.5, 0.6) is 0 Å². The lowest BCUT2D eigenvalue weighted by atomic mass is 9.80. The van der Waals surface area contributed by atoms with Crippen LogP contribution < -0.4 is 20.1 Å². The molecule has 0 saturated carbocycles. The summed E-state index contributed by atoms with van der Waals surface area (Å²) < 4.78 is 169. The first kappa shape index (κ1) is 61.0. The van der Waals surface area contributed by atoms with Gasteiger partial charge in [0.1, 0.15) is 17.2 Å². The Morgan fingerprint density at radius 3 is 1.91 bits per heavy atom. The number of ether oxygens (including phenoxy) is 2. The highest BCUT2D eigenvalue weighted by Crippen LogP contribution is 2.46. The van der Waals surface area contributed by atoms with Gasteiger partial charge in [0, 0.05) is 55.3 Å². The van der Waals surface area contributed by atoms with Gasteiger partial charge in [0.05, 0.1) is 50.2 Å². The van der Waals surface area contributed by atoms with Gasteiger partial charge < -0.3 is 24.2 Å². The summed E-state index contributed by atoms with van der Waals surface area (Å²) in [5, 5.41) is 7.75. The number of pyridine rings is 1. The van der Waals surface area contributed by atoms with E-state index in [0.717, 1.165) is 42.1 Å². The summed E-state index contributed by atoms with van der Waals surface area (Å²) in [7, 11) is -16.9. The molecule has 1 atom stereocenters. The van der Waals surface area contributed by atoms with Crippen LogP contribution in [0.3, 0.4) is 0 Å². The van der Waals surface area contributed by atoms with Crippen LogP contribution in [0.1, 0.15) is 62.1 Å². The Morgan fingerprint density at radius 1 is 0.766 bits per heavy atom. The summed E-state index contributed by atoms with van der Waals surface area (Å²) in [6, 6.07) is 19.9. The van der Waals surface area contributed by atoms with Crippen LogP contribution >= 0.6 is 0 Å². The number of para-hydroxylation sites is 1. The van der Waals surface area contributed by atoms with E-state index in [0.29, 0.717) is 76.3 Å². The fourth-order valence-electron chi connectivity index (χ4n) is 8.83. The number of aromatic nitrogens is 1. The Balaban J connectivity index is 0.00000128. The predicted octanol–water partition coefficient (Wildman–Crippen LogP) is 4.25. The molecule has 1 aromatic heterocycles. The van der Waals surface area contributed by atoms with Crippen LogP contribution in [0.2, 0.25) is 0 Å². The summed E-state index contributed by atoms with van der Waals surface area (Å²) in [4.78, 5) is 25.2. The zero-order chi connectivity index (χ0) is 56.9. The number of benzene rings is 4. The highest BCUT2D eigenvalue weighted by Gasteiger charge is 2.42. The molecule has 4 aromatic carbocycles. The second-order valence-corrected chi connectivity index (χ2v) is 22.2. The van der Waals surface area contributed by atoms with Crippen LogP contribution in [0.4, 0.5) is 11.4 Å². The van der Waals surface area contributed by atoms with Crippen molar-refractivity contribution in [2.45, 2.75) is 65.7 Å². The van der Waals surface area contributed by atoms with Gasteiger partial charge in [0.15, 0.2) is 5.60 Å². The number of rotatable bonds is 19. The molecular formula is C49H52N4O19S5. The fourth-order valence-corrected chi connectivity index (χ4v) is 10.3. The molecule has 412 valence electrons. The van der Waals surface area contributed by atoms with Gasteiger partial charge >= 0.3 is 21.2 Å². The van der Waals surface area contributed by atoms with E-state index in [2.05, 4.69) is 10.6 Å². The largest absolute Gasteiger partial charge is 0.744 e. The lowest BCUT2D eigenvalue weighted by Gasteiger charge is -2.36. The van der Waals surface area contributed by atoms with Gasteiger partial charge in [-0.15, -0.1) is 25.3 Å². The average molecular weight is 1160 g/mol. The average Bonchev–Trinajstić information content (AvgIpc) is 3.41. The molecule has 2 heterocycles. The lowest BCUT2D eigenvalue weighted by Crippen LogP contribution is -2.51. The number of carbonyl (C=O) groups excluding carboxylic acids is 2. The maximum absolute atomic E-state index is 14.4. The maximum Gasteiger partial charge on any atom is 0.425 e. The maximum atomic E-state index is 14.4. The minimum atomic E-state index is -4.77. The van der Waals surface area contributed by atoms with E-state index in [1.54, 1.807) is 44.1 Å². The van der Waals surface area contributed by atoms with E-state index in [1.807, 2.05) is 47.1 Å². The minimum absolute atomic E-state index is 0.0193. The highest BCUT2D eigenvalue weighted by atomic mass is 32.2. The molecule has 1 aliphatic carbocycles. The van der Waals surface area contributed by atoms with Crippen LogP contribution in [-0.4, -0.2) is 116 Å². The van der Waals surface area contributed by atoms with E-state index in [1.165, 1.54) is 48.5 Å². The van der Waals surface area contributed by atoms with Gasteiger partial charge in [0.2, 0.25) is 11.0 Å². The number of allylic oxidation sites excluding steroid dienone is 4. The van der Waals surface area contributed by atoms with Crippen molar-refractivity contribution < 1.29 is 87.8 Å². The van der Waals surface area contributed by atoms with E-state index >= 15 is 0 Å². The zero-order valence-corrected chi connectivity index (χ0v) is 45.4. The smallest absolute Gasteiger partial charge is 0.425 e. The number of nitrogens with one attached hydrogen (secondary N) is 2. The summed E-state index contributed by atoms with van der Waals surface area (Å²) in [6.45, 7) is 3.50. The third kappa shape index (κ3) is 16.1. The molecule has 0 spiro atoms. The van der Waals surface area contributed by atoms with E-state index < -0.39 is 67.0 Å².